The summed E-state index contributed by atoms with van der Waals surface area (Å²) < 4.78 is 21.6. The Morgan fingerprint density at radius 1 is 1.31 bits per heavy atom. The van der Waals surface area contributed by atoms with Gasteiger partial charge < -0.3 is 25.0 Å². The van der Waals surface area contributed by atoms with Gasteiger partial charge in [0.25, 0.3) is 5.17 Å². The number of benzene rings is 1. The highest BCUT2D eigenvalue weighted by atomic mass is 32.1. The maximum Gasteiger partial charge on any atom is 0.414 e. The lowest BCUT2D eigenvalue weighted by Crippen LogP contribution is -2.49. The number of rotatable bonds is 6. The number of hydrogen-bond acceptors (Lipinski definition) is 7. The summed E-state index contributed by atoms with van der Waals surface area (Å²) in [5.74, 6) is -0.527. The highest BCUT2D eigenvalue weighted by Crippen LogP contribution is 2.28. The van der Waals surface area contributed by atoms with E-state index in [4.69, 9.17) is 9.84 Å². The van der Waals surface area contributed by atoms with E-state index < -0.39 is 18.0 Å². The van der Waals surface area contributed by atoms with E-state index in [-0.39, 0.29) is 30.7 Å². The maximum atomic E-state index is 14.9. The summed E-state index contributed by atoms with van der Waals surface area (Å²) in [4.78, 5) is 29.4. The fourth-order valence-electron chi connectivity index (χ4n) is 3.71. The monoisotopic (exact) mass is 463 g/mol. The topological polar surface area (TPSA) is 116 Å². The number of nitrogens with zero attached hydrogens (tertiary/aromatic N) is 6. The van der Waals surface area contributed by atoms with Crippen LogP contribution in [-0.4, -0.2) is 87.5 Å². The van der Waals surface area contributed by atoms with Gasteiger partial charge in [0, 0.05) is 32.4 Å². The van der Waals surface area contributed by atoms with Crippen molar-refractivity contribution < 1.29 is 23.8 Å². The van der Waals surface area contributed by atoms with E-state index in [2.05, 4.69) is 27.8 Å². The van der Waals surface area contributed by atoms with Gasteiger partial charge in [-0.05, 0) is 30.4 Å². The molecule has 170 valence electrons. The zero-order chi connectivity index (χ0) is 22.7. The molecule has 0 saturated carbocycles. The van der Waals surface area contributed by atoms with Crippen molar-refractivity contribution in [3.8, 4) is 0 Å². The molecule has 2 saturated heterocycles. The van der Waals surface area contributed by atoms with Crippen LogP contribution >= 0.6 is 12.2 Å². The van der Waals surface area contributed by atoms with Crippen molar-refractivity contribution in [3.63, 3.8) is 0 Å². The number of ether oxygens (including phenoxy) is 1. The number of nitrogens with one attached hydrogen (secondary N) is 1. The summed E-state index contributed by atoms with van der Waals surface area (Å²) in [6.07, 6.45) is 2.04. The normalized spacial score (nSPS) is 18.6. The minimum Gasteiger partial charge on any atom is -0.487 e. The molecule has 0 bridgehead atoms. The molecule has 0 aliphatic carbocycles. The van der Waals surface area contributed by atoms with E-state index in [1.165, 1.54) is 21.8 Å². The lowest BCUT2D eigenvalue weighted by atomic mass is 10.2. The van der Waals surface area contributed by atoms with Crippen molar-refractivity contribution >= 4 is 40.8 Å². The number of halogens is 1. The van der Waals surface area contributed by atoms with Crippen molar-refractivity contribution in [2.24, 2.45) is 0 Å². The van der Waals surface area contributed by atoms with Crippen LogP contribution in [0.4, 0.5) is 20.6 Å². The number of aliphatic hydroxyl groups is 1. The molecule has 1 unspecified atom stereocenters. The summed E-state index contributed by atoms with van der Waals surface area (Å²) in [5.41, 5.74) is 0.792. The Kier molecular flexibility index (Phi) is 6.35. The first-order chi connectivity index (χ1) is 15.4. The first-order valence-corrected chi connectivity index (χ1v) is 10.4. The first kappa shape index (κ1) is 21.7. The first-order valence-electron chi connectivity index (χ1n) is 10.0. The summed E-state index contributed by atoms with van der Waals surface area (Å²) in [6, 6.07) is 4.58. The highest BCUT2D eigenvalue weighted by Gasteiger charge is 2.33. The van der Waals surface area contributed by atoms with Crippen molar-refractivity contribution in [1.29, 1.82) is 0 Å². The van der Waals surface area contributed by atoms with Gasteiger partial charge in [0.05, 0.1) is 30.7 Å². The Morgan fingerprint density at radius 2 is 2.09 bits per heavy atom. The third-order valence-electron chi connectivity index (χ3n) is 5.34. The van der Waals surface area contributed by atoms with Crippen molar-refractivity contribution in [2.45, 2.75) is 12.6 Å². The van der Waals surface area contributed by atoms with Crippen LogP contribution in [0.25, 0.3) is 0 Å². The Labute approximate surface area is 188 Å². The van der Waals surface area contributed by atoms with Gasteiger partial charge in [-0.2, -0.15) is 0 Å². The van der Waals surface area contributed by atoms with Crippen molar-refractivity contribution in [2.75, 3.05) is 49.1 Å². The fraction of sp³-hybridized carbons (Fsp3) is 0.421. The Morgan fingerprint density at radius 3 is 2.75 bits per heavy atom. The second-order valence-corrected chi connectivity index (χ2v) is 7.79. The van der Waals surface area contributed by atoms with E-state index in [0.717, 1.165) is 0 Å². The lowest BCUT2D eigenvalue weighted by Gasteiger charge is -2.36. The molecule has 2 fully saturated rings. The van der Waals surface area contributed by atoms with Crippen LogP contribution in [0.2, 0.25) is 0 Å². The van der Waals surface area contributed by atoms with Crippen LogP contribution in [-0.2, 0) is 16.1 Å². The third-order valence-corrected chi connectivity index (χ3v) is 5.48. The van der Waals surface area contributed by atoms with Crippen LogP contribution in [0.1, 0.15) is 0 Å². The van der Waals surface area contributed by atoms with E-state index in [1.54, 1.807) is 23.2 Å². The van der Waals surface area contributed by atoms with E-state index in [1.807, 2.05) is 4.90 Å². The molecule has 2 amide bonds. The Hall–Kier alpha value is -3.48. The molecule has 32 heavy (non-hydrogen) atoms. The van der Waals surface area contributed by atoms with Gasteiger partial charge in [0.2, 0.25) is 5.91 Å². The molecule has 0 spiro atoms. The number of hydrogen-bond donors (Lipinski definition) is 2. The fourth-order valence-corrected chi connectivity index (χ4v) is 3.80. The molecule has 3 heterocycles. The molecular weight excluding hydrogens is 441 g/mol. The average molecular weight is 463 g/mol. The predicted molar refractivity (Wildman–Crippen MR) is 116 cm³/mol. The van der Waals surface area contributed by atoms with Gasteiger partial charge in [0.1, 0.15) is 18.5 Å². The molecule has 2 N–H and O–H groups in total. The maximum absolute atomic E-state index is 14.9. The zero-order valence-electron chi connectivity index (χ0n) is 17.1. The zero-order valence-corrected chi connectivity index (χ0v) is 17.9. The molecule has 13 heteroatoms. The average Bonchev–Trinajstić information content (AvgIpc) is 3.41. The van der Waals surface area contributed by atoms with E-state index in [0.29, 0.717) is 37.6 Å². The number of aliphatic hydroxyl groups excluding tert-OH is 1. The number of cyclic esters (lactones) is 1. The lowest BCUT2D eigenvalue weighted by molar-refractivity contribution is -0.132. The van der Waals surface area contributed by atoms with Crippen molar-refractivity contribution in [1.82, 2.24) is 25.2 Å². The van der Waals surface area contributed by atoms with Crippen LogP contribution in [0.15, 0.2) is 30.6 Å². The molecule has 11 nitrogen and oxygen atoms in total. The number of thiocarbonyl (C=S) groups is 1. The van der Waals surface area contributed by atoms with Gasteiger partial charge in [0.15, 0.2) is 0 Å². The minimum atomic E-state index is -0.590. The molecule has 1 aromatic carbocycles. The van der Waals surface area contributed by atoms with Crippen LogP contribution in [0.3, 0.4) is 0 Å². The van der Waals surface area contributed by atoms with Crippen LogP contribution in [0, 0.1) is 5.82 Å². The molecule has 0 radical (unpaired) electrons. The largest absolute Gasteiger partial charge is 0.487 e. The quantitative estimate of drug-likeness (QED) is 0.592. The standard InChI is InChI=1S/C19H22FN7O4S/c20-15-9-13(27-11-14(31-19(27)30)10-21-18(29)32)1-2-16(15)24-5-7-25(8-6-24)17(28)12-26-4-3-22-23-26/h1-4,9,14H,5-8,10-12H2,(H2,21,29,32). The molecule has 1 atom stereocenters. The highest BCUT2D eigenvalue weighted by molar-refractivity contribution is 7.79. The van der Waals surface area contributed by atoms with Gasteiger partial charge in [-0.25, -0.2) is 13.9 Å². The summed E-state index contributed by atoms with van der Waals surface area (Å²) >= 11 is 4.53. The van der Waals surface area contributed by atoms with E-state index in [9.17, 15) is 14.0 Å². The molecular formula is C19H22FN7O4S. The molecule has 2 aliphatic heterocycles. The number of carbonyl (C=O) groups is 2. The Balaban J connectivity index is 1.34. The second kappa shape index (κ2) is 9.34. The number of aromatic nitrogens is 3. The van der Waals surface area contributed by atoms with Gasteiger partial charge in [-0.15, -0.1) is 5.10 Å². The number of amides is 2. The van der Waals surface area contributed by atoms with Gasteiger partial charge in [-0.3, -0.25) is 9.69 Å². The summed E-state index contributed by atoms with van der Waals surface area (Å²) in [6.45, 7) is 2.40. The predicted octanol–water partition coefficient (Wildman–Crippen LogP) is 0.524. The molecule has 2 aromatic rings. The Bertz CT molecular complexity index is 998. The smallest absolute Gasteiger partial charge is 0.414 e. The molecule has 1 aromatic heterocycles. The van der Waals surface area contributed by atoms with Crippen molar-refractivity contribution in [3.05, 3.63) is 36.4 Å². The summed E-state index contributed by atoms with van der Waals surface area (Å²) in [5, 5.41) is 18.7. The summed E-state index contributed by atoms with van der Waals surface area (Å²) in [7, 11) is 0. The third kappa shape index (κ3) is 4.88. The van der Waals surface area contributed by atoms with Gasteiger partial charge >= 0.3 is 6.09 Å². The number of carbonyl (C=O) groups excluding carboxylic acids is 2. The number of anilines is 2. The second-order valence-electron chi connectivity index (χ2n) is 7.41. The van der Waals surface area contributed by atoms with E-state index >= 15 is 0 Å². The molecule has 4 rings (SSSR count). The SMILES string of the molecule is O=C(Cn1ccnn1)N1CCN(c2ccc(N3CC(CNC(O)=S)OC3=O)cc2F)CC1. The van der Waals surface area contributed by atoms with Crippen LogP contribution in [0.5, 0.6) is 0 Å². The minimum absolute atomic E-state index is 0.0653. The molecule has 2 aliphatic rings. The number of piperazine rings is 1. The van der Waals surface area contributed by atoms with Gasteiger partial charge in [-0.1, -0.05) is 5.21 Å². The van der Waals surface area contributed by atoms with Crippen LogP contribution < -0.4 is 15.1 Å².